The molecule has 0 bridgehead atoms. The predicted molar refractivity (Wildman–Crippen MR) is 104 cm³/mol. The van der Waals surface area contributed by atoms with Crippen LogP contribution >= 0.6 is 0 Å². The van der Waals surface area contributed by atoms with E-state index in [0.29, 0.717) is 23.9 Å². The molecule has 0 amide bonds. The number of hydrogen-bond donors (Lipinski definition) is 2. The van der Waals surface area contributed by atoms with E-state index in [2.05, 4.69) is 51.6 Å². The van der Waals surface area contributed by atoms with E-state index in [1.807, 2.05) is 18.3 Å². The Bertz CT molecular complexity index is 933. The molecule has 3 aromatic rings. The average molecular weight is 348 g/mol. The molecule has 3 atom stereocenters. The van der Waals surface area contributed by atoms with Gasteiger partial charge in [0.05, 0.1) is 19.0 Å². The highest BCUT2D eigenvalue weighted by Crippen LogP contribution is 2.43. The Hall–Kier alpha value is -2.53. The van der Waals surface area contributed by atoms with Crippen molar-refractivity contribution in [2.45, 2.75) is 30.8 Å². The molecule has 5 rings (SSSR count). The zero-order valence-electron chi connectivity index (χ0n) is 15.2. The molecule has 26 heavy (non-hydrogen) atoms. The fourth-order valence-electron chi connectivity index (χ4n) is 4.87. The SMILES string of the molecule is COc1ccc(NC2C[C@@H]3c4cccc5[nH]cc(c45)C[C@H]3N(C)C2)cn1. The second-order valence-electron chi connectivity index (χ2n) is 7.57. The summed E-state index contributed by atoms with van der Waals surface area (Å²) in [4.78, 5) is 10.3. The van der Waals surface area contributed by atoms with Gasteiger partial charge in [-0.05, 0) is 43.1 Å². The minimum Gasteiger partial charge on any atom is -0.481 e. The van der Waals surface area contributed by atoms with Gasteiger partial charge in [0.15, 0.2) is 0 Å². The number of aromatic amines is 1. The molecule has 5 heteroatoms. The molecule has 1 unspecified atom stereocenters. The molecule has 3 heterocycles. The second kappa shape index (κ2) is 6.02. The Kier molecular flexibility index (Phi) is 3.64. The molecule has 0 saturated carbocycles. The molecule has 0 radical (unpaired) electrons. The van der Waals surface area contributed by atoms with E-state index in [0.717, 1.165) is 25.1 Å². The summed E-state index contributed by atoms with van der Waals surface area (Å²) in [5.41, 5.74) is 5.29. The van der Waals surface area contributed by atoms with E-state index in [1.54, 1.807) is 7.11 Å². The lowest BCUT2D eigenvalue weighted by Gasteiger charge is -2.45. The maximum atomic E-state index is 5.15. The lowest BCUT2D eigenvalue weighted by molar-refractivity contribution is 0.147. The Morgan fingerprint density at radius 2 is 2.19 bits per heavy atom. The number of benzene rings is 1. The second-order valence-corrected chi connectivity index (χ2v) is 7.57. The average Bonchev–Trinajstić information content (AvgIpc) is 3.08. The first-order valence-electron chi connectivity index (χ1n) is 9.28. The number of likely N-dealkylation sites (tertiary alicyclic amines) is 1. The van der Waals surface area contributed by atoms with Crippen LogP contribution in [0.15, 0.2) is 42.7 Å². The summed E-state index contributed by atoms with van der Waals surface area (Å²) in [6, 6.07) is 11.6. The smallest absolute Gasteiger partial charge is 0.213 e. The molecule has 1 aromatic carbocycles. The van der Waals surface area contributed by atoms with Crippen molar-refractivity contribution >= 4 is 16.6 Å². The van der Waals surface area contributed by atoms with Crippen LogP contribution in [0.25, 0.3) is 10.9 Å². The van der Waals surface area contributed by atoms with Gasteiger partial charge in [-0.2, -0.15) is 0 Å². The van der Waals surface area contributed by atoms with Crippen molar-refractivity contribution in [2.24, 2.45) is 0 Å². The first kappa shape index (κ1) is 15.7. The number of ether oxygens (including phenoxy) is 1. The van der Waals surface area contributed by atoms with Crippen LogP contribution < -0.4 is 10.1 Å². The summed E-state index contributed by atoms with van der Waals surface area (Å²) in [5.74, 6) is 1.21. The van der Waals surface area contributed by atoms with Crippen molar-refractivity contribution in [3.05, 3.63) is 53.9 Å². The molecule has 0 spiro atoms. The predicted octanol–water partition coefficient (Wildman–Crippen LogP) is 3.40. The van der Waals surface area contributed by atoms with Crippen LogP contribution in [-0.4, -0.2) is 47.7 Å². The molecule has 1 fully saturated rings. The van der Waals surface area contributed by atoms with Gasteiger partial charge in [-0.3, -0.25) is 0 Å². The zero-order valence-corrected chi connectivity index (χ0v) is 15.2. The molecule has 2 N–H and O–H groups in total. The number of pyridine rings is 1. The lowest BCUT2D eigenvalue weighted by Crippen LogP contribution is -2.51. The number of rotatable bonds is 3. The maximum Gasteiger partial charge on any atom is 0.213 e. The van der Waals surface area contributed by atoms with Gasteiger partial charge in [-0.25, -0.2) is 4.98 Å². The molecule has 134 valence electrons. The first-order chi connectivity index (χ1) is 12.7. The van der Waals surface area contributed by atoms with Crippen LogP contribution in [0.1, 0.15) is 23.5 Å². The van der Waals surface area contributed by atoms with Gasteiger partial charge in [-0.1, -0.05) is 12.1 Å². The van der Waals surface area contributed by atoms with Gasteiger partial charge in [0.2, 0.25) is 5.88 Å². The van der Waals surface area contributed by atoms with Crippen molar-refractivity contribution in [3.8, 4) is 5.88 Å². The van der Waals surface area contributed by atoms with E-state index in [9.17, 15) is 0 Å². The molecular weight excluding hydrogens is 324 g/mol. The Morgan fingerprint density at radius 1 is 1.27 bits per heavy atom. The number of nitrogens with one attached hydrogen (secondary N) is 2. The normalized spacial score (nSPS) is 25.1. The number of piperidine rings is 1. The summed E-state index contributed by atoms with van der Waals surface area (Å²) >= 11 is 0. The van der Waals surface area contributed by atoms with Crippen molar-refractivity contribution < 1.29 is 4.74 Å². The third kappa shape index (κ3) is 2.46. The van der Waals surface area contributed by atoms with Gasteiger partial charge < -0.3 is 19.9 Å². The number of nitrogens with zero attached hydrogens (tertiary/aromatic N) is 2. The molecule has 2 aromatic heterocycles. The highest BCUT2D eigenvalue weighted by molar-refractivity contribution is 5.88. The van der Waals surface area contributed by atoms with Crippen molar-refractivity contribution in [1.82, 2.24) is 14.9 Å². The highest BCUT2D eigenvalue weighted by atomic mass is 16.5. The summed E-state index contributed by atoms with van der Waals surface area (Å²) in [6.45, 7) is 1.04. The fourth-order valence-corrected chi connectivity index (χ4v) is 4.87. The summed E-state index contributed by atoms with van der Waals surface area (Å²) in [6.07, 6.45) is 6.34. The lowest BCUT2D eigenvalue weighted by atomic mass is 9.74. The van der Waals surface area contributed by atoms with E-state index >= 15 is 0 Å². The fraction of sp³-hybridized carbons (Fsp3) is 0.381. The number of H-pyrrole nitrogens is 1. The maximum absolute atomic E-state index is 5.15. The molecule has 5 nitrogen and oxygen atoms in total. The third-order valence-corrected chi connectivity index (χ3v) is 6.04. The Labute approximate surface area is 153 Å². The number of fused-ring (bicyclic) bond motifs is 2. The number of aromatic nitrogens is 2. The largest absolute Gasteiger partial charge is 0.481 e. The van der Waals surface area contributed by atoms with E-state index in [-0.39, 0.29) is 0 Å². The quantitative estimate of drug-likeness (QED) is 0.762. The number of likely N-dealkylation sites (N-methyl/N-ethyl adjacent to an activating group) is 1. The number of methoxy groups -OCH3 is 1. The molecule has 2 aliphatic rings. The summed E-state index contributed by atoms with van der Waals surface area (Å²) in [5, 5.41) is 5.13. The van der Waals surface area contributed by atoms with E-state index in [4.69, 9.17) is 4.74 Å². The minimum absolute atomic E-state index is 0.409. The minimum atomic E-state index is 0.409. The zero-order chi connectivity index (χ0) is 17.7. The van der Waals surface area contributed by atoms with Gasteiger partial charge in [-0.15, -0.1) is 0 Å². The van der Waals surface area contributed by atoms with Crippen molar-refractivity contribution in [1.29, 1.82) is 0 Å². The van der Waals surface area contributed by atoms with Crippen molar-refractivity contribution in [2.75, 3.05) is 26.0 Å². The van der Waals surface area contributed by atoms with Gasteiger partial charge in [0.25, 0.3) is 0 Å². The highest BCUT2D eigenvalue weighted by Gasteiger charge is 2.39. The van der Waals surface area contributed by atoms with Gasteiger partial charge in [0.1, 0.15) is 0 Å². The monoisotopic (exact) mass is 348 g/mol. The molecule has 1 aliphatic carbocycles. The standard InChI is InChI=1S/C21H24N4O/c1-25-12-15(24-14-6-7-20(26-2)23-11-14)9-17-16-4-3-5-18-21(16)13(10-22-18)8-19(17)25/h3-7,10-11,15,17,19,22,24H,8-9,12H2,1-2H3/t15?,17-,19-/m1/s1. The number of anilines is 1. The van der Waals surface area contributed by atoms with E-state index < -0.39 is 0 Å². The third-order valence-electron chi connectivity index (χ3n) is 6.04. The van der Waals surface area contributed by atoms with Crippen LogP contribution in [0, 0.1) is 0 Å². The van der Waals surface area contributed by atoms with Crippen LogP contribution in [-0.2, 0) is 6.42 Å². The topological polar surface area (TPSA) is 53.2 Å². The summed E-state index contributed by atoms with van der Waals surface area (Å²) < 4.78 is 5.15. The van der Waals surface area contributed by atoms with Crippen molar-refractivity contribution in [3.63, 3.8) is 0 Å². The summed E-state index contributed by atoms with van der Waals surface area (Å²) in [7, 11) is 3.90. The van der Waals surface area contributed by atoms with Crippen LogP contribution in [0.5, 0.6) is 5.88 Å². The molecule has 1 saturated heterocycles. The van der Waals surface area contributed by atoms with Crippen LogP contribution in [0.4, 0.5) is 5.69 Å². The number of hydrogen-bond acceptors (Lipinski definition) is 4. The van der Waals surface area contributed by atoms with Gasteiger partial charge in [0, 0.05) is 47.7 Å². The van der Waals surface area contributed by atoms with Gasteiger partial charge >= 0.3 is 0 Å². The van der Waals surface area contributed by atoms with Crippen LogP contribution in [0.2, 0.25) is 0 Å². The molecular formula is C21H24N4O. The van der Waals surface area contributed by atoms with Crippen LogP contribution in [0.3, 0.4) is 0 Å². The Morgan fingerprint density at radius 3 is 3.00 bits per heavy atom. The first-order valence-corrected chi connectivity index (χ1v) is 9.28. The van der Waals surface area contributed by atoms with E-state index in [1.165, 1.54) is 22.0 Å². The Balaban J connectivity index is 1.43. The molecule has 1 aliphatic heterocycles.